The molecule has 5 heteroatoms. The number of nitrogens with zero attached hydrogens (tertiary/aromatic N) is 1. The predicted octanol–water partition coefficient (Wildman–Crippen LogP) is 4.21. The number of thiazole rings is 1. The fourth-order valence-corrected chi connectivity index (χ4v) is 2.44. The van der Waals surface area contributed by atoms with Gasteiger partial charge in [0.15, 0.2) is 0 Å². The molecule has 0 aliphatic heterocycles. The van der Waals surface area contributed by atoms with Crippen molar-refractivity contribution < 1.29 is 4.74 Å². The van der Waals surface area contributed by atoms with Gasteiger partial charge in [0.05, 0.1) is 18.7 Å². The van der Waals surface area contributed by atoms with Gasteiger partial charge in [-0.1, -0.05) is 11.6 Å². The molecule has 0 amide bonds. The highest BCUT2D eigenvalue weighted by atomic mass is 35.5. The van der Waals surface area contributed by atoms with Gasteiger partial charge in [-0.15, -0.1) is 22.9 Å². The van der Waals surface area contributed by atoms with Crippen LogP contribution in [0.3, 0.4) is 0 Å². The number of halogens is 2. The van der Waals surface area contributed by atoms with Crippen molar-refractivity contribution in [2.24, 2.45) is 0 Å². The zero-order chi connectivity index (χ0) is 11.5. The summed E-state index contributed by atoms with van der Waals surface area (Å²) in [7, 11) is 1.63. The van der Waals surface area contributed by atoms with Gasteiger partial charge in [0.2, 0.25) is 0 Å². The Morgan fingerprint density at radius 3 is 2.88 bits per heavy atom. The zero-order valence-electron chi connectivity index (χ0n) is 8.54. The summed E-state index contributed by atoms with van der Waals surface area (Å²) in [6, 6.07) is 5.46. The van der Waals surface area contributed by atoms with E-state index in [2.05, 4.69) is 4.98 Å². The van der Waals surface area contributed by atoms with Crippen molar-refractivity contribution >= 4 is 34.5 Å². The summed E-state index contributed by atoms with van der Waals surface area (Å²) in [4.78, 5) is 4.40. The van der Waals surface area contributed by atoms with Crippen LogP contribution in [-0.2, 0) is 5.88 Å². The van der Waals surface area contributed by atoms with Crippen LogP contribution in [0.5, 0.6) is 5.75 Å². The minimum Gasteiger partial charge on any atom is -0.496 e. The van der Waals surface area contributed by atoms with Crippen molar-refractivity contribution in [1.29, 1.82) is 0 Å². The first-order valence-electron chi connectivity index (χ1n) is 4.59. The van der Waals surface area contributed by atoms with Crippen molar-refractivity contribution in [2.75, 3.05) is 7.11 Å². The van der Waals surface area contributed by atoms with Gasteiger partial charge >= 0.3 is 0 Å². The fourth-order valence-electron chi connectivity index (χ4n) is 1.38. The molecule has 0 unspecified atom stereocenters. The average molecular weight is 274 g/mol. The van der Waals surface area contributed by atoms with Crippen molar-refractivity contribution in [3.05, 3.63) is 33.6 Å². The molecule has 0 saturated carbocycles. The van der Waals surface area contributed by atoms with E-state index in [1.807, 2.05) is 17.5 Å². The van der Waals surface area contributed by atoms with E-state index in [0.29, 0.717) is 10.9 Å². The predicted molar refractivity (Wildman–Crippen MR) is 68.7 cm³/mol. The molecule has 84 valence electrons. The molecular weight excluding hydrogens is 265 g/mol. The van der Waals surface area contributed by atoms with E-state index in [4.69, 9.17) is 27.9 Å². The van der Waals surface area contributed by atoms with Crippen LogP contribution in [0.25, 0.3) is 11.3 Å². The third kappa shape index (κ3) is 2.32. The molecule has 0 saturated heterocycles. The topological polar surface area (TPSA) is 22.1 Å². The molecule has 0 fully saturated rings. The maximum atomic E-state index is 5.96. The van der Waals surface area contributed by atoms with E-state index in [9.17, 15) is 0 Å². The van der Waals surface area contributed by atoms with Crippen LogP contribution < -0.4 is 4.74 Å². The summed E-state index contributed by atoms with van der Waals surface area (Å²) in [6.45, 7) is 0. The van der Waals surface area contributed by atoms with Crippen LogP contribution in [-0.4, -0.2) is 12.1 Å². The molecule has 2 nitrogen and oxygen atoms in total. The number of ether oxygens (including phenoxy) is 1. The van der Waals surface area contributed by atoms with Crippen molar-refractivity contribution in [2.45, 2.75) is 5.88 Å². The lowest BCUT2D eigenvalue weighted by atomic mass is 10.1. The Morgan fingerprint density at radius 1 is 1.44 bits per heavy atom. The molecule has 1 heterocycles. The molecule has 0 aliphatic rings. The third-order valence-corrected chi connectivity index (χ3v) is 3.60. The Morgan fingerprint density at radius 2 is 2.25 bits per heavy atom. The minimum atomic E-state index is 0.424. The Bertz CT molecular complexity index is 498. The number of alkyl halides is 1. The van der Waals surface area contributed by atoms with Gasteiger partial charge in [0.25, 0.3) is 0 Å². The summed E-state index contributed by atoms with van der Waals surface area (Å²) in [5.74, 6) is 1.18. The molecule has 0 radical (unpaired) electrons. The zero-order valence-corrected chi connectivity index (χ0v) is 10.9. The van der Waals surface area contributed by atoms with Crippen LogP contribution in [0.1, 0.15) is 5.01 Å². The molecule has 0 aliphatic carbocycles. The van der Waals surface area contributed by atoms with Crippen LogP contribution in [0.2, 0.25) is 5.02 Å². The van der Waals surface area contributed by atoms with Gasteiger partial charge in [-0.25, -0.2) is 4.98 Å². The Kier molecular flexibility index (Phi) is 3.69. The largest absolute Gasteiger partial charge is 0.496 e. The fraction of sp³-hybridized carbons (Fsp3) is 0.182. The minimum absolute atomic E-state index is 0.424. The molecule has 0 bridgehead atoms. The van der Waals surface area contributed by atoms with Crippen molar-refractivity contribution in [3.8, 4) is 17.0 Å². The lowest BCUT2D eigenvalue weighted by molar-refractivity contribution is 0.416. The number of rotatable bonds is 3. The Hall–Kier alpha value is -0.770. The summed E-state index contributed by atoms with van der Waals surface area (Å²) in [6.07, 6.45) is 0. The van der Waals surface area contributed by atoms with E-state index >= 15 is 0 Å². The van der Waals surface area contributed by atoms with Crippen LogP contribution in [0.15, 0.2) is 23.6 Å². The monoisotopic (exact) mass is 273 g/mol. The van der Waals surface area contributed by atoms with E-state index in [1.54, 1.807) is 13.2 Å². The average Bonchev–Trinajstić information content (AvgIpc) is 2.77. The normalized spacial score (nSPS) is 10.4. The number of hydrogen-bond donors (Lipinski definition) is 0. The number of aromatic nitrogens is 1. The molecule has 2 aromatic rings. The molecule has 1 aromatic heterocycles. The van der Waals surface area contributed by atoms with Gasteiger partial charge in [0.1, 0.15) is 10.8 Å². The molecule has 1 aromatic carbocycles. The second kappa shape index (κ2) is 5.04. The van der Waals surface area contributed by atoms with E-state index in [-0.39, 0.29) is 0 Å². The van der Waals surface area contributed by atoms with Gasteiger partial charge in [-0.2, -0.15) is 0 Å². The molecule has 2 rings (SSSR count). The lowest BCUT2D eigenvalue weighted by Gasteiger charge is -2.06. The van der Waals surface area contributed by atoms with Gasteiger partial charge in [0, 0.05) is 16.0 Å². The first kappa shape index (κ1) is 11.7. The summed E-state index contributed by atoms with van der Waals surface area (Å²) < 4.78 is 5.27. The maximum Gasteiger partial charge on any atom is 0.128 e. The molecule has 0 spiro atoms. The summed E-state index contributed by atoms with van der Waals surface area (Å²) in [5, 5.41) is 3.50. The summed E-state index contributed by atoms with van der Waals surface area (Å²) >= 11 is 13.2. The number of methoxy groups -OCH3 is 1. The van der Waals surface area contributed by atoms with Gasteiger partial charge in [-0.3, -0.25) is 0 Å². The number of benzene rings is 1. The van der Waals surface area contributed by atoms with Gasteiger partial charge in [-0.05, 0) is 18.2 Å². The quantitative estimate of drug-likeness (QED) is 0.782. The van der Waals surface area contributed by atoms with Crippen LogP contribution >= 0.6 is 34.5 Å². The molecule has 0 N–H and O–H groups in total. The van der Waals surface area contributed by atoms with Crippen LogP contribution in [0.4, 0.5) is 0 Å². The van der Waals surface area contributed by atoms with Crippen molar-refractivity contribution in [1.82, 2.24) is 4.98 Å². The Labute approximate surface area is 108 Å². The highest BCUT2D eigenvalue weighted by molar-refractivity contribution is 7.10. The standard InChI is InChI=1S/C11H9Cl2NOS/c1-15-10-3-2-7(13)4-8(10)9-6-16-11(5-12)14-9/h2-4,6H,5H2,1H3. The SMILES string of the molecule is COc1ccc(Cl)cc1-c1csc(CCl)n1. The summed E-state index contributed by atoms with van der Waals surface area (Å²) in [5.41, 5.74) is 1.74. The first-order chi connectivity index (χ1) is 7.74. The van der Waals surface area contributed by atoms with E-state index in [1.165, 1.54) is 11.3 Å². The molecule has 16 heavy (non-hydrogen) atoms. The Balaban J connectivity index is 2.49. The van der Waals surface area contributed by atoms with E-state index < -0.39 is 0 Å². The third-order valence-electron chi connectivity index (χ3n) is 2.10. The second-order valence-electron chi connectivity index (χ2n) is 3.10. The highest BCUT2D eigenvalue weighted by Crippen LogP contribution is 2.33. The number of hydrogen-bond acceptors (Lipinski definition) is 3. The smallest absolute Gasteiger partial charge is 0.128 e. The van der Waals surface area contributed by atoms with Crippen molar-refractivity contribution in [3.63, 3.8) is 0 Å². The van der Waals surface area contributed by atoms with Crippen LogP contribution in [0, 0.1) is 0 Å². The highest BCUT2D eigenvalue weighted by Gasteiger charge is 2.10. The molecular formula is C11H9Cl2NOS. The maximum absolute atomic E-state index is 5.96. The second-order valence-corrected chi connectivity index (χ2v) is 4.75. The molecule has 0 atom stereocenters. The van der Waals surface area contributed by atoms with Gasteiger partial charge < -0.3 is 4.74 Å². The van der Waals surface area contributed by atoms with E-state index in [0.717, 1.165) is 22.0 Å². The lowest BCUT2D eigenvalue weighted by Crippen LogP contribution is -1.88. The first-order valence-corrected chi connectivity index (χ1v) is 6.38.